The van der Waals surface area contributed by atoms with E-state index in [4.69, 9.17) is 15.0 Å². The van der Waals surface area contributed by atoms with Gasteiger partial charge in [-0.3, -0.25) is 0 Å². The van der Waals surface area contributed by atoms with Gasteiger partial charge in [0.05, 0.1) is 17.0 Å². The third-order valence-electron chi connectivity index (χ3n) is 13.4. The van der Waals surface area contributed by atoms with Crippen molar-refractivity contribution >= 4 is 21.5 Å². The number of hydrogen-bond acceptors (Lipinski definition) is 4. The summed E-state index contributed by atoms with van der Waals surface area (Å²) in [7, 11) is 0. The molecule has 0 atom stereocenters. The van der Waals surface area contributed by atoms with Crippen molar-refractivity contribution in [3.63, 3.8) is 0 Å². The van der Waals surface area contributed by atoms with Crippen molar-refractivity contribution in [2.45, 2.75) is 24.7 Å². The quantitative estimate of drug-likeness (QED) is 0.174. The summed E-state index contributed by atoms with van der Waals surface area (Å²) >= 11 is 0. The van der Waals surface area contributed by atoms with Crippen LogP contribution in [0.15, 0.2) is 194 Å². The van der Waals surface area contributed by atoms with Crippen molar-refractivity contribution in [2.75, 3.05) is 0 Å². The van der Waals surface area contributed by atoms with E-state index in [1.54, 1.807) is 0 Å². The fourth-order valence-electron chi connectivity index (χ4n) is 10.5. The molecule has 0 spiro atoms. The van der Waals surface area contributed by atoms with Crippen LogP contribution in [0.5, 0.6) is 0 Å². The predicted octanol–water partition coefficient (Wildman–Crippen LogP) is 13.7. The zero-order chi connectivity index (χ0) is 41.6. The first kappa shape index (κ1) is 35.9. The Balaban J connectivity index is 1.11. The van der Waals surface area contributed by atoms with Crippen LogP contribution in [0.2, 0.25) is 0 Å². The van der Waals surface area contributed by atoms with Gasteiger partial charge in [-0.15, -0.1) is 0 Å². The fourth-order valence-corrected chi connectivity index (χ4v) is 10.5. The van der Waals surface area contributed by atoms with Crippen LogP contribution in [0, 0.1) is 11.3 Å². The molecule has 0 saturated carbocycles. The third-order valence-corrected chi connectivity index (χ3v) is 13.4. The second-order valence-electron chi connectivity index (χ2n) is 17.0. The Labute approximate surface area is 360 Å². The lowest BCUT2D eigenvalue weighted by molar-refractivity contribution is 0.660. The third kappa shape index (κ3) is 5.15. The molecule has 1 heterocycles. The Hall–Kier alpha value is -8.00. The first-order valence-electron chi connectivity index (χ1n) is 21.2. The number of nitrogens with zero attached hydrogens (tertiary/aromatic N) is 4. The van der Waals surface area contributed by atoms with Gasteiger partial charge in [-0.25, -0.2) is 15.0 Å². The summed E-state index contributed by atoms with van der Waals surface area (Å²) in [5.41, 5.74) is 14.2. The molecule has 0 amide bonds. The summed E-state index contributed by atoms with van der Waals surface area (Å²) in [5.74, 6) is 1.81. The number of rotatable bonds is 5. The lowest BCUT2D eigenvalue weighted by atomic mass is 9.67. The largest absolute Gasteiger partial charge is 0.208 e. The second kappa shape index (κ2) is 13.5. The van der Waals surface area contributed by atoms with E-state index in [9.17, 15) is 5.26 Å². The zero-order valence-electron chi connectivity index (χ0n) is 34.3. The van der Waals surface area contributed by atoms with Crippen LogP contribution >= 0.6 is 0 Å². The molecule has 1 aromatic heterocycles. The normalized spacial score (nSPS) is 13.9. The molecule has 12 rings (SSSR count). The van der Waals surface area contributed by atoms with Gasteiger partial charge in [-0.05, 0) is 95.9 Å². The molecule has 290 valence electrons. The van der Waals surface area contributed by atoms with Crippen LogP contribution < -0.4 is 0 Å². The molecule has 9 aromatic carbocycles. The minimum atomic E-state index is -0.604. The lowest BCUT2D eigenvalue weighted by Gasteiger charge is -2.34. The number of fused-ring (bicyclic) bond motifs is 9. The molecule has 0 radical (unpaired) electrons. The van der Waals surface area contributed by atoms with E-state index >= 15 is 0 Å². The molecule has 0 aliphatic heterocycles. The van der Waals surface area contributed by atoms with E-state index in [2.05, 4.69) is 202 Å². The van der Waals surface area contributed by atoms with Crippen LogP contribution in [0.25, 0.3) is 78.0 Å². The Kier molecular flexibility index (Phi) is 7.82. The van der Waals surface area contributed by atoms with E-state index in [1.807, 2.05) is 12.1 Å². The van der Waals surface area contributed by atoms with Crippen molar-refractivity contribution in [2.24, 2.45) is 0 Å². The molecule has 0 N–H and O–H groups in total. The minimum absolute atomic E-state index is 0.318. The Bertz CT molecular complexity index is 3470. The van der Waals surface area contributed by atoms with E-state index in [1.165, 1.54) is 44.2 Å². The highest BCUT2D eigenvalue weighted by Crippen LogP contribution is 2.58. The van der Waals surface area contributed by atoms with Crippen molar-refractivity contribution in [3.05, 3.63) is 233 Å². The average molecular weight is 791 g/mol. The first-order chi connectivity index (χ1) is 30.4. The van der Waals surface area contributed by atoms with Gasteiger partial charge in [-0.2, -0.15) is 5.26 Å². The maximum Gasteiger partial charge on any atom is 0.164 e. The van der Waals surface area contributed by atoms with E-state index < -0.39 is 5.41 Å². The lowest BCUT2D eigenvalue weighted by Crippen LogP contribution is -2.28. The molecular formula is C58H38N4. The molecule has 4 nitrogen and oxygen atoms in total. The minimum Gasteiger partial charge on any atom is -0.208 e. The van der Waals surface area contributed by atoms with E-state index in [0.29, 0.717) is 23.0 Å². The topological polar surface area (TPSA) is 62.5 Å². The molecule has 0 saturated heterocycles. The monoisotopic (exact) mass is 790 g/mol. The van der Waals surface area contributed by atoms with Crippen LogP contribution in [0.1, 0.15) is 52.8 Å². The summed E-state index contributed by atoms with van der Waals surface area (Å²) in [6.07, 6.45) is 0. The van der Waals surface area contributed by atoms with E-state index in [0.717, 1.165) is 49.7 Å². The predicted molar refractivity (Wildman–Crippen MR) is 251 cm³/mol. The van der Waals surface area contributed by atoms with Gasteiger partial charge in [0.15, 0.2) is 17.5 Å². The van der Waals surface area contributed by atoms with Gasteiger partial charge in [-0.1, -0.05) is 184 Å². The van der Waals surface area contributed by atoms with Gasteiger partial charge in [0.25, 0.3) is 0 Å². The highest BCUT2D eigenvalue weighted by atomic mass is 15.0. The fraction of sp³-hybridized carbons (Fsp3) is 0.0690. The smallest absolute Gasteiger partial charge is 0.164 e. The maximum atomic E-state index is 10.1. The van der Waals surface area contributed by atoms with Crippen molar-refractivity contribution < 1.29 is 0 Å². The molecule has 0 unspecified atom stereocenters. The summed E-state index contributed by atoms with van der Waals surface area (Å²) in [6.45, 7) is 4.47. The molecule has 4 heteroatoms. The average Bonchev–Trinajstić information content (AvgIpc) is 3.77. The molecule has 0 bridgehead atoms. The molecule has 2 aliphatic carbocycles. The van der Waals surface area contributed by atoms with Crippen molar-refractivity contribution in [3.8, 4) is 62.5 Å². The van der Waals surface area contributed by atoms with Crippen LogP contribution in [0.3, 0.4) is 0 Å². The summed E-state index contributed by atoms with van der Waals surface area (Å²) in [5, 5.41) is 14.8. The van der Waals surface area contributed by atoms with E-state index in [-0.39, 0.29) is 5.41 Å². The first-order valence-corrected chi connectivity index (χ1v) is 21.2. The Morgan fingerprint density at radius 2 is 0.935 bits per heavy atom. The second-order valence-corrected chi connectivity index (χ2v) is 17.0. The highest BCUT2D eigenvalue weighted by molar-refractivity contribution is 6.04. The highest BCUT2D eigenvalue weighted by Gasteiger charge is 2.47. The van der Waals surface area contributed by atoms with Crippen molar-refractivity contribution in [1.82, 2.24) is 15.0 Å². The summed E-state index contributed by atoms with van der Waals surface area (Å²) < 4.78 is 0. The Morgan fingerprint density at radius 3 is 1.60 bits per heavy atom. The SMILES string of the molecule is CC1(C)c2cc(-c3nc(-c4ccc5c(c4)C(c4ccccc4)(c4ccccc4)c4ccc6ccccc6c4-5)nc(-c4ccc5ccccc5c4)n3)ccc2-c2c(C#N)cccc21. The van der Waals surface area contributed by atoms with Crippen LogP contribution in [0.4, 0.5) is 0 Å². The maximum absolute atomic E-state index is 10.1. The Morgan fingerprint density at radius 1 is 0.403 bits per heavy atom. The molecular weight excluding hydrogens is 753 g/mol. The zero-order valence-corrected chi connectivity index (χ0v) is 34.3. The molecule has 2 aliphatic rings. The molecule has 10 aromatic rings. The van der Waals surface area contributed by atoms with Gasteiger partial charge >= 0.3 is 0 Å². The number of hydrogen-bond donors (Lipinski definition) is 0. The van der Waals surface area contributed by atoms with Crippen molar-refractivity contribution in [1.29, 1.82) is 5.26 Å². The summed E-state index contributed by atoms with van der Waals surface area (Å²) in [6, 6.07) is 71.7. The van der Waals surface area contributed by atoms with Crippen LogP contribution in [-0.4, -0.2) is 15.0 Å². The van der Waals surface area contributed by atoms with Gasteiger partial charge in [0.1, 0.15) is 0 Å². The summed E-state index contributed by atoms with van der Waals surface area (Å²) in [4.78, 5) is 15.9. The number of aromatic nitrogens is 3. The van der Waals surface area contributed by atoms with Crippen LogP contribution in [-0.2, 0) is 10.8 Å². The molecule has 0 fully saturated rings. The standard InChI is InChI=1S/C58H38N4/c1-57(2)48-23-13-17-42(35-59)52(48)46-29-26-40(33-50(46)57)55-60-54(39-25-24-36-14-9-10-16-38(36)32-39)61-56(62-55)41-27-30-47-51(34-41)58(43-18-5-3-6-19-43,44-20-7-4-8-21-44)49-31-28-37-15-11-12-22-45(37)53(47)49/h3-34H,1-2H3. The van der Waals surface area contributed by atoms with Gasteiger partial charge in [0, 0.05) is 27.7 Å². The number of benzene rings is 9. The van der Waals surface area contributed by atoms with Gasteiger partial charge < -0.3 is 0 Å². The van der Waals surface area contributed by atoms with Gasteiger partial charge in [0.2, 0.25) is 0 Å². The molecule has 62 heavy (non-hydrogen) atoms. The number of nitriles is 1.